The van der Waals surface area contributed by atoms with Crippen molar-refractivity contribution >= 4 is 20.7 Å². The summed E-state index contributed by atoms with van der Waals surface area (Å²) in [6.45, 7) is 2.11. The Morgan fingerprint density at radius 3 is 2.61 bits per heavy atom. The molecule has 0 unspecified atom stereocenters. The monoisotopic (exact) mass is 328 g/mol. The number of benzene rings is 2. The molecule has 0 N–H and O–H groups in total. The number of para-hydroxylation sites is 1. The van der Waals surface area contributed by atoms with Gasteiger partial charge in [-0.05, 0) is 31.2 Å². The first-order valence-electron chi connectivity index (χ1n) is 7.09. The van der Waals surface area contributed by atoms with Crippen LogP contribution in [0.5, 0.6) is 5.75 Å². The summed E-state index contributed by atoms with van der Waals surface area (Å²) in [6.07, 6.45) is 1.17. The Kier molecular flexibility index (Phi) is 4.00. The third-order valence-corrected chi connectivity index (χ3v) is 4.55. The Balaban J connectivity index is 1.84. The van der Waals surface area contributed by atoms with Crippen molar-refractivity contribution in [1.29, 1.82) is 0 Å². The number of sulfone groups is 1. The van der Waals surface area contributed by atoms with Gasteiger partial charge in [-0.15, -0.1) is 0 Å². The standard InChI is InChI=1S/C17H16N2O3S/c1-12-15-8-3-4-9-16(15)19-17(18-12)11-22-13-6-5-7-14(10-13)23(2,20)21/h3-10H,11H2,1-2H3. The highest BCUT2D eigenvalue weighted by Gasteiger charge is 2.09. The maximum Gasteiger partial charge on any atom is 0.175 e. The lowest BCUT2D eigenvalue weighted by atomic mass is 10.2. The largest absolute Gasteiger partial charge is 0.486 e. The van der Waals surface area contributed by atoms with Crippen LogP contribution in [0.1, 0.15) is 11.5 Å². The minimum atomic E-state index is -3.26. The summed E-state index contributed by atoms with van der Waals surface area (Å²) in [5, 5.41) is 1.01. The number of fused-ring (bicyclic) bond motifs is 1. The molecule has 0 radical (unpaired) electrons. The van der Waals surface area contributed by atoms with Gasteiger partial charge in [-0.1, -0.05) is 24.3 Å². The van der Waals surface area contributed by atoms with E-state index >= 15 is 0 Å². The van der Waals surface area contributed by atoms with Gasteiger partial charge in [0.15, 0.2) is 15.7 Å². The summed E-state index contributed by atoms with van der Waals surface area (Å²) in [7, 11) is -3.26. The first-order chi connectivity index (χ1) is 10.9. The summed E-state index contributed by atoms with van der Waals surface area (Å²) in [5.41, 5.74) is 1.75. The molecule has 3 aromatic rings. The third-order valence-electron chi connectivity index (χ3n) is 3.44. The SMILES string of the molecule is Cc1nc(COc2cccc(S(C)(=O)=O)c2)nc2ccccc12. The van der Waals surface area contributed by atoms with Crippen LogP contribution in [0.2, 0.25) is 0 Å². The number of hydrogen-bond acceptors (Lipinski definition) is 5. The summed E-state index contributed by atoms with van der Waals surface area (Å²) >= 11 is 0. The first kappa shape index (κ1) is 15.4. The van der Waals surface area contributed by atoms with Gasteiger partial charge in [-0.25, -0.2) is 18.4 Å². The van der Waals surface area contributed by atoms with E-state index in [1.807, 2.05) is 31.2 Å². The van der Waals surface area contributed by atoms with Crippen LogP contribution in [-0.4, -0.2) is 24.6 Å². The average molecular weight is 328 g/mol. The lowest BCUT2D eigenvalue weighted by molar-refractivity contribution is 0.295. The summed E-state index contributed by atoms with van der Waals surface area (Å²) in [6, 6.07) is 14.2. The molecule has 0 fully saturated rings. The summed E-state index contributed by atoms with van der Waals surface area (Å²) < 4.78 is 28.8. The molecule has 2 aromatic carbocycles. The van der Waals surface area contributed by atoms with Crippen LogP contribution >= 0.6 is 0 Å². The zero-order chi connectivity index (χ0) is 16.4. The third kappa shape index (κ3) is 3.48. The fraction of sp³-hybridized carbons (Fsp3) is 0.176. The van der Waals surface area contributed by atoms with Crippen LogP contribution in [0.4, 0.5) is 0 Å². The van der Waals surface area contributed by atoms with E-state index in [-0.39, 0.29) is 11.5 Å². The highest BCUT2D eigenvalue weighted by Crippen LogP contribution is 2.19. The molecule has 118 valence electrons. The zero-order valence-corrected chi connectivity index (χ0v) is 13.7. The van der Waals surface area contributed by atoms with E-state index < -0.39 is 9.84 Å². The van der Waals surface area contributed by atoms with Crippen molar-refractivity contribution in [2.24, 2.45) is 0 Å². The van der Waals surface area contributed by atoms with Crippen molar-refractivity contribution in [3.63, 3.8) is 0 Å². The maximum atomic E-state index is 11.6. The van der Waals surface area contributed by atoms with Gasteiger partial charge in [-0.3, -0.25) is 0 Å². The quantitative estimate of drug-likeness (QED) is 0.736. The molecule has 0 aliphatic heterocycles. The van der Waals surface area contributed by atoms with Crippen LogP contribution in [-0.2, 0) is 16.4 Å². The predicted octanol–water partition coefficient (Wildman–Crippen LogP) is 2.92. The van der Waals surface area contributed by atoms with Gasteiger partial charge >= 0.3 is 0 Å². The van der Waals surface area contributed by atoms with Gasteiger partial charge in [0.25, 0.3) is 0 Å². The van der Waals surface area contributed by atoms with E-state index in [2.05, 4.69) is 9.97 Å². The molecule has 0 amide bonds. The number of hydrogen-bond donors (Lipinski definition) is 0. The fourth-order valence-corrected chi connectivity index (χ4v) is 2.96. The molecule has 0 atom stereocenters. The van der Waals surface area contributed by atoms with E-state index in [0.29, 0.717) is 11.6 Å². The number of aromatic nitrogens is 2. The van der Waals surface area contributed by atoms with Gasteiger partial charge in [0.2, 0.25) is 0 Å². The molecule has 23 heavy (non-hydrogen) atoms. The smallest absolute Gasteiger partial charge is 0.175 e. The first-order valence-corrected chi connectivity index (χ1v) is 8.98. The van der Waals surface area contributed by atoms with Crippen molar-refractivity contribution in [2.75, 3.05) is 6.26 Å². The fourth-order valence-electron chi connectivity index (χ4n) is 2.30. The van der Waals surface area contributed by atoms with Crippen LogP contribution < -0.4 is 4.74 Å². The molecule has 0 saturated heterocycles. The molecule has 0 spiro atoms. The second-order valence-corrected chi connectivity index (χ2v) is 7.29. The predicted molar refractivity (Wildman–Crippen MR) is 88.2 cm³/mol. The van der Waals surface area contributed by atoms with E-state index in [1.54, 1.807) is 18.2 Å². The van der Waals surface area contributed by atoms with Gasteiger partial charge in [0.05, 0.1) is 10.4 Å². The van der Waals surface area contributed by atoms with Crippen molar-refractivity contribution in [3.8, 4) is 5.75 Å². The van der Waals surface area contributed by atoms with Crippen LogP contribution in [0.25, 0.3) is 10.9 Å². The minimum absolute atomic E-state index is 0.179. The normalized spacial score (nSPS) is 11.6. The minimum Gasteiger partial charge on any atom is -0.486 e. The molecule has 0 bridgehead atoms. The van der Waals surface area contributed by atoms with Crippen molar-refractivity contribution in [1.82, 2.24) is 9.97 Å². The topological polar surface area (TPSA) is 69.2 Å². The number of nitrogens with zero attached hydrogens (tertiary/aromatic N) is 2. The Morgan fingerprint density at radius 2 is 1.83 bits per heavy atom. The Morgan fingerprint density at radius 1 is 1.04 bits per heavy atom. The van der Waals surface area contributed by atoms with Gasteiger partial charge in [0.1, 0.15) is 12.4 Å². The van der Waals surface area contributed by atoms with Gasteiger partial charge < -0.3 is 4.74 Å². The Labute approximate surface area is 134 Å². The average Bonchev–Trinajstić information content (AvgIpc) is 2.52. The molecule has 5 nitrogen and oxygen atoms in total. The van der Waals surface area contributed by atoms with Crippen molar-refractivity contribution in [2.45, 2.75) is 18.4 Å². The van der Waals surface area contributed by atoms with Gasteiger partial charge in [-0.2, -0.15) is 0 Å². The molecular weight excluding hydrogens is 312 g/mol. The van der Waals surface area contributed by atoms with E-state index in [4.69, 9.17) is 4.74 Å². The lowest BCUT2D eigenvalue weighted by Gasteiger charge is -2.08. The molecule has 6 heteroatoms. The van der Waals surface area contributed by atoms with Crippen LogP contribution in [0.3, 0.4) is 0 Å². The second-order valence-electron chi connectivity index (χ2n) is 5.28. The van der Waals surface area contributed by atoms with Crippen molar-refractivity contribution in [3.05, 3.63) is 60.0 Å². The molecule has 1 heterocycles. The molecule has 3 rings (SSSR count). The van der Waals surface area contributed by atoms with Crippen LogP contribution in [0.15, 0.2) is 53.4 Å². The number of rotatable bonds is 4. The molecule has 0 saturated carbocycles. The molecule has 1 aromatic heterocycles. The lowest BCUT2D eigenvalue weighted by Crippen LogP contribution is -2.04. The summed E-state index contributed by atoms with van der Waals surface area (Å²) in [4.78, 5) is 9.13. The van der Waals surface area contributed by atoms with Crippen LogP contribution in [0, 0.1) is 6.92 Å². The van der Waals surface area contributed by atoms with E-state index in [1.165, 1.54) is 12.3 Å². The Hall–Kier alpha value is -2.47. The van der Waals surface area contributed by atoms with Gasteiger partial charge in [0, 0.05) is 17.3 Å². The van der Waals surface area contributed by atoms with Crippen molar-refractivity contribution < 1.29 is 13.2 Å². The Bertz CT molecular complexity index is 968. The molecular formula is C17H16N2O3S. The second kappa shape index (κ2) is 5.96. The maximum absolute atomic E-state index is 11.6. The highest BCUT2D eigenvalue weighted by molar-refractivity contribution is 7.90. The zero-order valence-electron chi connectivity index (χ0n) is 12.9. The number of ether oxygens (including phenoxy) is 1. The van der Waals surface area contributed by atoms with E-state index in [0.717, 1.165) is 16.6 Å². The number of aryl methyl sites for hydroxylation is 1. The summed E-state index contributed by atoms with van der Waals surface area (Å²) in [5.74, 6) is 1.04. The molecule has 0 aliphatic rings. The highest BCUT2D eigenvalue weighted by atomic mass is 32.2. The van der Waals surface area contributed by atoms with E-state index in [9.17, 15) is 8.42 Å². The molecule has 0 aliphatic carbocycles.